The molecule has 0 aliphatic carbocycles. The van der Waals surface area contributed by atoms with Crippen molar-refractivity contribution in [3.8, 4) is 0 Å². The second-order valence-corrected chi connectivity index (χ2v) is 4.94. The fourth-order valence-electron chi connectivity index (χ4n) is 1.56. The minimum Gasteiger partial charge on any atom is -0.261 e. The number of pyridine rings is 1. The monoisotopic (exact) mass is 265 g/mol. The molecule has 0 fully saturated rings. The molecular weight excluding hydrogens is 252 g/mol. The van der Waals surface area contributed by atoms with Gasteiger partial charge >= 0.3 is 0 Å². The Bertz CT molecular complexity index is 502. The third kappa shape index (κ3) is 3.53. The first-order chi connectivity index (χ1) is 8.77. The summed E-state index contributed by atoms with van der Waals surface area (Å²) >= 11 is 1.58. The summed E-state index contributed by atoms with van der Waals surface area (Å²) in [5.74, 6) is -0.190. The fourth-order valence-corrected chi connectivity index (χ4v) is 2.51. The SMILES string of the molecule is Fc1cccc(CSCCc2ccccn2)c1F. The van der Waals surface area contributed by atoms with Gasteiger partial charge in [0.25, 0.3) is 0 Å². The summed E-state index contributed by atoms with van der Waals surface area (Å²) in [4.78, 5) is 4.21. The fraction of sp³-hybridized carbons (Fsp3) is 0.214. The number of aryl methyl sites for hydroxylation is 1. The van der Waals surface area contributed by atoms with E-state index < -0.39 is 11.6 Å². The Morgan fingerprint density at radius 3 is 2.72 bits per heavy atom. The van der Waals surface area contributed by atoms with Gasteiger partial charge in [-0.25, -0.2) is 8.78 Å². The molecule has 0 N–H and O–H groups in total. The van der Waals surface area contributed by atoms with E-state index in [-0.39, 0.29) is 0 Å². The van der Waals surface area contributed by atoms with Crippen LogP contribution in [0.2, 0.25) is 0 Å². The zero-order valence-corrected chi connectivity index (χ0v) is 10.6. The van der Waals surface area contributed by atoms with Gasteiger partial charge in [0.05, 0.1) is 0 Å². The van der Waals surface area contributed by atoms with Crippen molar-refractivity contribution in [2.45, 2.75) is 12.2 Å². The lowest BCUT2D eigenvalue weighted by Crippen LogP contribution is -1.95. The summed E-state index contributed by atoms with van der Waals surface area (Å²) in [6, 6.07) is 10.1. The van der Waals surface area contributed by atoms with Crippen molar-refractivity contribution >= 4 is 11.8 Å². The highest BCUT2D eigenvalue weighted by atomic mass is 32.2. The van der Waals surface area contributed by atoms with Gasteiger partial charge in [0.15, 0.2) is 11.6 Å². The molecule has 0 unspecified atom stereocenters. The first-order valence-electron chi connectivity index (χ1n) is 5.68. The third-order valence-electron chi connectivity index (χ3n) is 2.52. The Morgan fingerprint density at radius 1 is 1.06 bits per heavy atom. The van der Waals surface area contributed by atoms with Crippen molar-refractivity contribution in [1.29, 1.82) is 0 Å². The van der Waals surface area contributed by atoms with Crippen molar-refractivity contribution < 1.29 is 8.78 Å². The van der Waals surface area contributed by atoms with Gasteiger partial charge in [0.2, 0.25) is 0 Å². The van der Waals surface area contributed by atoms with Crippen LogP contribution in [0.4, 0.5) is 8.78 Å². The van der Waals surface area contributed by atoms with Gasteiger partial charge in [0, 0.05) is 23.2 Å². The number of halogens is 2. The van der Waals surface area contributed by atoms with Crippen LogP contribution in [0.3, 0.4) is 0 Å². The van der Waals surface area contributed by atoms with E-state index in [2.05, 4.69) is 4.98 Å². The van der Waals surface area contributed by atoms with Crippen LogP contribution in [-0.4, -0.2) is 10.7 Å². The van der Waals surface area contributed by atoms with Crippen LogP contribution in [0.5, 0.6) is 0 Å². The molecule has 0 radical (unpaired) electrons. The van der Waals surface area contributed by atoms with Crippen LogP contribution in [-0.2, 0) is 12.2 Å². The summed E-state index contributed by atoms with van der Waals surface area (Å²) in [6.45, 7) is 0. The van der Waals surface area contributed by atoms with Gasteiger partial charge in [-0.2, -0.15) is 11.8 Å². The van der Waals surface area contributed by atoms with Crippen molar-refractivity contribution in [3.05, 3.63) is 65.5 Å². The topological polar surface area (TPSA) is 12.9 Å². The minimum atomic E-state index is -0.780. The van der Waals surface area contributed by atoms with Crippen molar-refractivity contribution in [3.63, 3.8) is 0 Å². The Balaban J connectivity index is 1.81. The standard InChI is InChI=1S/C14H13F2NS/c15-13-6-3-4-11(14(13)16)10-18-9-7-12-5-1-2-8-17-12/h1-6,8H,7,9-10H2. The number of benzene rings is 1. The molecule has 0 spiro atoms. The number of hydrogen-bond donors (Lipinski definition) is 0. The van der Waals surface area contributed by atoms with E-state index in [9.17, 15) is 8.78 Å². The first kappa shape index (κ1) is 13.0. The number of nitrogens with zero attached hydrogens (tertiary/aromatic N) is 1. The maximum absolute atomic E-state index is 13.4. The number of aromatic nitrogens is 1. The van der Waals surface area contributed by atoms with Gasteiger partial charge in [-0.3, -0.25) is 4.98 Å². The summed E-state index contributed by atoms with van der Waals surface area (Å²) in [7, 11) is 0. The van der Waals surface area contributed by atoms with E-state index in [4.69, 9.17) is 0 Å². The zero-order chi connectivity index (χ0) is 12.8. The minimum absolute atomic E-state index is 0.418. The van der Waals surface area contributed by atoms with Crippen LogP contribution in [0.25, 0.3) is 0 Å². The summed E-state index contributed by atoms with van der Waals surface area (Å²) in [5, 5.41) is 0. The van der Waals surface area contributed by atoms with Crippen LogP contribution >= 0.6 is 11.8 Å². The first-order valence-corrected chi connectivity index (χ1v) is 6.83. The van der Waals surface area contributed by atoms with Gasteiger partial charge in [-0.1, -0.05) is 18.2 Å². The molecular formula is C14H13F2NS. The van der Waals surface area contributed by atoms with E-state index in [1.807, 2.05) is 18.2 Å². The van der Waals surface area contributed by atoms with Crippen LogP contribution in [0.15, 0.2) is 42.6 Å². The Morgan fingerprint density at radius 2 is 1.94 bits per heavy atom. The largest absolute Gasteiger partial charge is 0.261 e. The number of thioether (sulfide) groups is 1. The third-order valence-corrected chi connectivity index (χ3v) is 3.53. The highest BCUT2D eigenvalue weighted by Gasteiger charge is 2.07. The van der Waals surface area contributed by atoms with Crippen LogP contribution in [0, 0.1) is 11.6 Å². The summed E-state index contributed by atoms with van der Waals surface area (Å²) < 4.78 is 26.3. The molecule has 0 atom stereocenters. The van der Waals surface area contributed by atoms with E-state index in [1.54, 1.807) is 24.0 Å². The molecule has 0 aliphatic heterocycles. The summed E-state index contributed by atoms with van der Waals surface area (Å²) in [5.41, 5.74) is 1.44. The molecule has 94 valence electrons. The van der Waals surface area contributed by atoms with E-state index in [0.29, 0.717) is 11.3 Å². The van der Waals surface area contributed by atoms with E-state index in [0.717, 1.165) is 23.9 Å². The van der Waals surface area contributed by atoms with Crippen molar-refractivity contribution in [2.24, 2.45) is 0 Å². The summed E-state index contributed by atoms with van der Waals surface area (Å²) in [6.07, 6.45) is 2.59. The van der Waals surface area contributed by atoms with E-state index >= 15 is 0 Å². The molecule has 18 heavy (non-hydrogen) atoms. The van der Waals surface area contributed by atoms with Crippen molar-refractivity contribution in [2.75, 3.05) is 5.75 Å². The molecule has 2 aromatic rings. The lowest BCUT2D eigenvalue weighted by atomic mass is 10.2. The predicted octanol–water partition coefficient (Wildman–Crippen LogP) is 3.84. The molecule has 0 saturated heterocycles. The lowest BCUT2D eigenvalue weighted by Gasteiger charge is -2.04. The zero-order valence-electron chi connectivity index (χ0n) is 9.77. The number of rotatable bonds is 5. The molecule has 0 bridgehead atoms. The highest BCUT2D eigenvalue weighted by Crippen LogP contribution is 2.18. The van der Waals surface area contributed by atoms with Crippen molar-refractivity contribution in [1.82, 2.24) is 4.98 Å². The Hall–Kier alpha value is -1.42. The molecule has 4 heteroatoms. The lowest BCUT2D eigenvalue weighted by molar-refractivity contribution is 0.502. The van der Waals surface area contributed by atoms with Crippen LogP contribution in [0.1, 0.15) is 11.3 Å². The Labute approximate surface area is 109 Å². The average molecular weight is 265 g/mol. The highest BCUT2D eigenvalue weighted by molar-refractivity contribution is 7.98. The second kappa shape index (κ2) is 6.50. The molecule has 1 aromatic carbocycles. The van der Waals surface area contributed by atoms with Crippen LogP contribution < -0.4 is 0 Å². The average Bonchev–Trinajstić information content (AvgIpc) is 2.40. The normalized spacial score (nSPS) is 10.6. The molecule has 2 rings (SSSR count). The molecule has 1 aromatic heterocycles. The molecule has 1 nitrogen and oxygen atoms in total. The second-order valence-electron chi connectivity index (χ2n) is 3.84. The molecule has 0 aliphatic rings. The van der Waals surface area contributed by atoms with Gasteiger partial charge < -0.3 is 0 Å². The van der Waals surface area contributed by atoms with Gasteiger partial charge in [-0.15, -0.1) is 0 Å². The smallest absolute Gasteiger partial charge is 0.162 e. The number of hydrogen-bond acceptors (Lipinski definition) is 2. The van der Waals surface area contributed by atoms with Gasteiger partial charge in [0.1, 0.15) is 0 Å². The molecule has 0 saturated carbocycles. The maximum atomic E-state index is 13.4. The Kier molecular flexibility index (Phi) is 4.70. The molecule has 1 heterocycles. The maximum Gasteiger partial charge on any atom is 0.162 e. The quantitative estimate of drug-likeness (QED) is 0.762. The predicted molar refractivity (Wildman–Crippen MR) is 70.5 cm³/mol. The molecule has 0 amide bonds. The van der Waals surface area contributed by atoms with E-state index in [1.165, 1.54) is 6.07 Å². The van der Waals surface area contributed by atoms with Gasteiger partial charge in [-0.05, 0) is 30.4 Å².